The highest BCUT2D eigenvalue weighted by Crippen LogP contribution is 2.14. The summed E-state index contributed by atoms with van der Waals surface area (Å²) < 4.78 is 4.84. The van der Waals surface area contributed by atoms with Gasteiger partial charge in [0, 0.05) is 11.6 Å². The van der Waals surface area contributed by atoms with E-state index in [0.717, 1.165) is 23.0 Å². The smallest absolute Gasteiger partial charge is 0.330 e. The molecule has 0 saturated heterocycles. The van der Waals surface area contributed by atoms with Crippen molar-refractivity contribution in [1.82, 2.24) is 0 Å². The van der Waals surface area contributed by atoms with Gasteiger partial charge in [-0.05, 0) is 37.5 Å². The summed E-state index contributed by atoms with van der Waals surface area (Å²) in [5, 5.41) is 0. The zero-order valence-corrected chi connectivity index (χ0v) is 12.6. The third-order valence-corrected chi connectivity index (χ3v) is 2.84. The number of allylic oxidation sites excluding steroid dienone is 5. The summed E-state index contributed by atoms with van der Waals surface area (Å²) >= 11 is 0. The van der Waals surface area contributed by atoms with Crippen LogP contribution < -0.4 is 0 Å². The Morgan fingerprint density at radius 1 is 1.19 bits per heavy atom. The number of ether oxygens (including phenoxy) is 1. The van der Waals surface area contributed by atoms with Crippen molar-refractivity contribution in [2.75, 3.05) is 6.61 Å². The van der Waals surface area contributed by atoms with Crippen molar-refractivity contribution in [3.05, 3.63) is 65.3 Å². The summed E-state index contributed by atoms with van der Waals surface area (Å²) in [5.41, 5.74) is 3.62. The van der Waals surface area contributed by atoms with Crippen molar-refractivity contribution < 1.29 is 14.3 Å². The molecule has 110 valence electrons. The second-order valence-corrected chi connectivity index (χ2v) is 4.59. The lowest BCUT2D eigenvalue weighted by Crippen LogP contribution is -1.99. The molecule has 0 heterocycles. The van der Waals surface area contributed by atoms with Gasteiger partial charge < -0.3 is 4.74 Å². The Morgan fingerprint density at radius 3 is 2.43 bits per heavy atom. The van der Waals surface area contributed by atoms with Crippen LogP contribution in [-0.2, 0) is 9.53 Å². The molecule has 0 spiro atoms. The SMILES string of the molecule is CCOC(=O)/C=C(C)/C=C/C=C(/C)c1ccc(C=O)cc1. The highest BCUT2D eigenvalue weighted by molar-refractivity contribution is 5.83. The van der Waals surface area contributed by atoms with E-state index in [2.05, 4.69) is 0 Å². The summed E-state index contributed by atoms with van der Waals surface area (Å²) in [6.45, 7) is 5.99. The van der Waals surface area contributed by atoms with E-state index in [1.807, 2.05) is 44.2 Å². The molecular formula is C18H20O3. The number of carbonyl (C=O) groups excluding carboxylic acids is 2. The van der Waals surface area contributed by atoms with E-state index in [1.165, 1.54) is 6.08 Å². The average Bonchev–Trinajstić information content (AvgIpc) is 2.47. The maximum Gasteiger partial charge on any atom is 0.330 e. The molecule has 21 heavy (non-hydrogen) atoms. The highest BCUT2D eigenvalue weighted by Gasteiger charge is 1.96. The second-order valence-electron chi connectivity index (χ2n) is 4.59. The van der Waals surface area contributed by atoms with Gasteiger partial charge >= 0.3 is 5.97 Å². The Hall–Kier alpha value is -2.42. The summed E-state index contributed by atoms with van der Waals surface area (Å²) in [7, 11) is 0. The van der Waals surface area contributed by atoms with Gasteiger partial charge in [-0.25, -0.2) is 4.79 Å². The van der Waals surface area contributed by atoms with E-state index >= 15 is 0 Å². The van der Waals surface area contributed by atoms with Crippen LogP contribution in [0.5, 0.6) is 0 Å². The molecule has 1 aromatic rings. The summed E-state index contributed by atoms with van der Waals surface area (Å²) in [4.78, 5) is 21.9. The van der Waals surface area contributed by atoms with Crippen molar-refractivity contribution in [1.29, 1.82) is 0 Å². The number of hydrogen-bond acceptors (Lipinski definition) is 3. The Bertz CT molecular complexity index is 575. The van der Waals surface area contributed by atoms with Crippen molar-refractivity contribution in [3.8, 4) is 0 Å². The van der Waals surface area contributed by atoms with Gasteiger partial charge in [0.05, 0.1) is 6.61 Å². The van der Waals surface area contributed by atoms with Crippen LogP contribution in [0.1, 0.15) is 36.7 Å². The molecule has 0 aromatic heterocycles. The molecule has 0 aliphatic rings. The Labute approximate surface area is 125 Å². The minimum absolute atomic E-state index is 0.329. The molecule has 0 unspecified atom stereocenters. The van der Waals surface area contributed by atoms with Gasteiger partial charge in [0.2, 0.25) is 0 Å². The van der Waals surface area contributed by atoms with E-state index < -0.39 is 0 Å². The second kappa shape index (κ2) is 8.69. The van der Waals surface area contributed by atoms with E-state index in [0.29, 0.717) is 12.2 Å². The van der Waals surface area contributed by atoms with Crippen LogP contribution in [0.2, 0.25) is 0 Å². The maximum absolute atomic E-state index is 11.3. The van der Waals surface area contributed by atoms with Gasteiger partial charge in [-0.1, -0.05) is 42.5 Å². The predicted octanol–water partition coefficient (Wildman–Crippen LogP) is 3.97. The van der Waals surface area contributed by atoms with Crippen LogP contribution in [0.15, 0.2) is 54.1 Å². The van der Waals surface area contributed by atoms with Crippen molar-refractivity contribution >= 4 is 17.8 Å². The molecule has 0 fully saturated rings. The van der Waals surface area contributed by atoms with Crippen LogP contribution >= 0.6 is 0 Å². The third kappa shape index (κ3) is 6.04. The fraction of sp³-hybridized carbons (Fsp3) is 0.222. The third-order valence-electron chi connectivity index (χ3n) is 2.84. The molecule has 3 heteroatoms. The van der Waals surface area contributed by atoms with Gasteiger partial charge in [-0.15, -0.1) is 0 Å². The molecule has 1 rings (SSSR count). The standard InChI is InChI=1S/C18H20O3/c1-4-21-18(20)12-14(2)6-5-7-15(3)17-10-8-16(13-19)9-11-17/h5-13H,4H2,1-3H3/b6-5+,14-12+,15-7-. The molecule has 0 saturated carbocycles. The number of benzene rings is 1. The van der Waals surface area contributed by atoms with E-state index in [-0.39, 0.29) is 5.97 Å². The van der Waals surface area contributed by atoms with E-state index in [9.17, 15) is 9.59 Å². The number of hydrogen-bond donors (Lipinski definition) is 0. The van der Waals surface area contributed by atoms with Gasteiger partial charge in [0.25, 0.3) is 0 Å². The van der Waals surface area contributed by atoms with Crippen LogP contribution in [0.25, 0.3) is 5.57 Å². The molecule has 0 radical (unpaired) electrons. The Balaban J connectivity index is 2.71. The van der Waals surface area contributed by atoms with Gasteiger partial charge in [-0.3, -0.25) is 4.79 Å². The average molecular weight is 284 g/mol. The number of aldehydes is 1. The van der Waals surface area contributed by atoms with Gasteiger partial charge in [0.15, 0.2) is 0 Å². The minimum atomic E-state index is -0.329. The van der Waals surface area contributed by atoms with Crippen molar-refractivity contribution in [2.45, 2.75) is 20.8 Å². The van der Waals surface area contributed by atoms with E-state index in [1.54, 1.807) is 19.1 Å². The lowest BCUT2D eigenvalue weighted by Gasteiger charge is -2.00. The van der Waals surface area contributed by atoms with Crippen LogP contribution in [0.4, 0.5) is 0 Å². The molecule has 0 N–H and O–H groups in total. The van der Waals surface area contributed by atoms with Gasteiger partial charge in [-0.2, -0.15) is 0 Å². The molecule has 0 aliphatic heterocycles. The predicted molar refractivity (Wildman–Crippen MR) is 85.0 cm³/mol. The normalized spacial score (nSPS) is 12.5. The molecule has 0 aliphatic carbocycles. The first-order valence-corrected chi connectivity index (χ1v) is 6.82. The largest absolute Gasteiger partial charge is 0.463 e. The zero-order valence-electron chi connectivity index (χ0n) is 12.6. The monoisotopic (exact) mass is 284 g/mol. The van der Waals surface area contributed by atoms with Gasteiger partial charge in [0.1, 0.15) is 6.29 Å². The summed E-state index contributed by atoms with van der Waals surface area (Å²) in [5.74, 6) is -0.329. The molecule has 0 amide bonds. The topological polar surface area (TPSA) is 43.4 Å². The first-order valence-electron chi connectivity index (χ1n) is 6.82. The fourth-order valence-corrected chi connectivity index (χ4v) is 1.68. The first-order chi connectivity index (χ1) is 10.1. The molecule has 0 bridgehead atoms. The summed E-state index contributed by atoms with van der Waals surface area (Å²) in [6, 6.07) is 7.39. The maximum atomic E-state index is 11.3. The van der Waals surface area contributed by atoms with Crippen LogP contribution in [0, 0.1) is 0 Å². The lowest BCUT2D eigenvalue weighted by atomic mass is 10.1. The minimum Gasteiger partial charge on any atom is -0.463 e. The number of rotatable bonds is 6. The summed E-state index contributed by atoms with van der Waals surface area (Å²) in [6.07, 6.45) is 7.97. The Kier molecular flexibility index (Phi) is 6.88. The lowest BCUT2D eigenvalue weighted by molar-refractivity contribution is -0.137. The quantitative estimate of drug-likeness (QED) is 0.343. The number of carbonyl (C=O) groups is 2. The van der Waals surface area contributed by atoms with Crippen molar-refractivity contribution in [2.24, 2.45) is 0 Å². The van der Waals surface area contributed by atoms with Crippen molar-refractivity contribution in [3.63, 3.8) is 0 Å². The molecular weight excluding hydrogens is 264 g/mol. The number of esters is 1. The van der Waals surface area contributed by atoms with E-state index in [4.69, 9.17) is 4.74 Å². The highest BCUT2D eigenvalue weighted by atomic mass is 16.5. The zero-order chi connectivity index (χ0) is 15.7. The first kappa shape index (κ1) is 16.6. The van der Waals surface area contributed by atoms with Crippen LogP contribution in [0.3, 0.4) is 0 Å². The molecule has 1 aromatic carbocycles. The Morgan fingerprint density at radius 2 is 1.86 bits per heavy atom. The molecule has 0 atom stereocenters. The fourth-order valence-electron chi connectivity index (χ4n) is 1.68. The molecule has 3 nitrogen and oxygen atoms in total. The van der Waals surface area contributed by atoms with Crippen LogP contribution in [-0.4, -0.2) is 18.9 Å².